The number of carbonyl (C=O) groups excluding carboxylic acids is 1. The van der Waals surface area contributed by atoms with Gasteiger partial charge in [0.15, 0.2) is 0 Å². The fourth-order valence-corrected chi connectivity index (χ4v) is 2.98. The summed E-state index contributed by atoms with van der Waals surface area (Å²) in [4.78, 5) is 17.2. The lowest BCUT2D eigenvalue weighted by Crippen LogP contribution is -2.13. The Morgan fingerprint density at radius 3 is 2.43 bits per heavy atom. The van der Waals surface area contributed by atoms with Gasteiger partial charge in [-0.2, -0.15) is 5.10 Å². The van der Waals surface area contributed by atoms with Crippen LogP contribution >= 0.6 is 0 Å². The van der Waals surface area contributed by atoms with Gasteiger partial charge in [-0.25, -0.2) is 9.67 Å². The van der Waals surface area contributed by atoms with Gasteiger partial charge in [0, 0.05) is 18.0 Å². The van der Waals surface area contributed by atoms with Gasteiger partial charge in [0.25, 0.3) is 5.91 Å². The van der Waals surface area contributed by atoms with Gasteiger partial charge >= 0.3 is 0 Å². The SMILES string of the molecule is Cc1ccc(-c2nn(-c3ccccc3)cc2C(=O)Nc2ccccn2)cc1C. The van der Waals surface area contributed by atoms with E-state index in [9.17, 15) is 4.79 Å². The van der Waals surface area contributed by atoms with Gasteiger partial charge in [0.2, 0.25) is 0 Å². The zero-order valence-electron chi connectivity index (χ0n) is 15.8. The number of aryl methyl sites for hydroxylation is 2. The summed E-state index contributed by atoms with van der Waals surface area (Å²) >= 11 is 0. The Kier molecular flexibility index (Phi) is 4.72. The second-order valence-electron chi connectivity index (χ2n) is 6.64. The maximum absolute atomic E-state index is 13.0. The lowest BCUT2D eigenvalue weighted by Gasteiger charge is -2.06. The van der Waals surface area contributed by atoms with Crippen molar-refractivity contribution in [3.63, 3.8) is 0 Å². The third-order valence-electron chi connectivity index (χ3n) is 4.67. The van der Waals surface area contributed by atoms with E-state index in [0.717, 1.165) is 16.8 Å². The van der Waals surface area contributed by atoms with Crippen molar-refractivity contribution in [1.29, 1.82) is 0 Å². The Balaban J connectivity index is 1.79. The quantitative estimate of drug-likeness (QED) is 0.563. The molecule has 138 valence electrons. The number of nitrogens with zero attached hydrogens (tertiary/aromatic N) is 3. The molecule has 5 heteroatoms. The lowest BCUT2D eigenvalue weighted by molar-refractivity contribution is 0.102. The molecule has 0 unspecified atom stereocenters. The van der Waals surface area contributed by atoms with Crippen LogP contribution in [-0.4, -0.2) is 20.7 Å². The Hall–Kier alpha value is -3.73. The fraction of sp³-hybridized carbons (Fsp3) is 0.0870. The molecule has 1 N–H and O–H groups in total. The predicted octanol–water partition coefficient (Wildman–Crippen LogP) is 4.80. The summed E-state index contributed by atoms with van der Waals surface area (Å²) in [7, 11) is 0. The van der Waals surface area contributed by atoms with Crippen LogP contribution in [0.1, 0.15) is 21.5 Å². The summed E-state index contributed by atoms with van der Waals surface area (Å²) in [6.45, 7) is 4.12. The van der Waals surface area contributed by atoms with Crippen molar-refractivity contribution in [2.45, 2.75) is 13.8 Å². The first kappa shape index (κ1) is 17.7. The Labute approximate surface area is 163 Å². The van der Waals surface area contributed by atoms with Crippen LogP contribution in [-0.2, 0) is 0 Å². The zero-order valence-corrected chi connectivity index (χ0v) is 15.8. The molecule has 0 fully saturated rings. The van der Waals surface area contributed by atoms with Crippen molar-refractivity contribution < 1.29 is 4.79 Å². The number of carbonyl (C=O) groups is 1. The third kappa shape index (κ3) is 3.55. The van der Waals surface area contributed by atoms with E-state index >= 15 is 0 Å². The largest absolute Gasteiger partial charge is 0.306 e. The van der Waals surface area contributed by atoms with E-state index in [1.807, 2.05) is 54.6 Å². The highest BCUT2D eigenvalue weighted by molar-refractivity contribution is 6.07. The van der Waals surface area contributed by atoms with E-state index < -0.39 is 0 Å². The molecule has 0 aliphatic heterocycles. The molecule has 0 radical (unpaired) electrons. The first-order valence-corrected chi connectivity index (χ1v) is 9.07. The molecular formula is C23H20N4O. The van der Waals surface area contributed by atoms with E-state index in [1.54, 1.807) is 23.1 Å². The molecule has 0 aliphatic rings. The first-order chi connectivity index (χ1) is 13.6. The van der Waals surface area contributed by atoms with E-state index in [1.165, 1.54) is 5.56 Å². The van der Waals surface area contributed by atoms with Crippen LogP contribution in [0.25, 0.3) is 16.9 Å². The Bertz CT molecular complexity index is 1120. The molecule has 4 rings (SSSR count). The van der Waals surface area contributed by atoms with Crippen LogP contribution in [0.4, 0.5) is 5.82 Å². The minimum Gasteiger partial charge on any atom is -0.306 e. The van der Waals surface area contributed by atoms with Gasteiger partial charge in [-0.15, -0.1) is 0 Å². The van der Waals surface area contributed by atoms with Gasteiger partial charge in [-0.05, 0) is 55.3 Å². The standard InChI is InChI=1S/C23H20N4O/c1-16-11-12-18(14-17(16)2)22-20(23(28)25-21-10-6-7-13-24-21)15-27(26-22)19-8-4-3-5-9-19/h3-15H,1-2H3,(H,24,25,28). The minimum atomic E-state index is -0.242. The smallest absolute Gasteiger partial charge is 0.260 e. The molecule has 0 atom stereocenters. The summed E-state index contributed by atoms with van der Waals surface area (Å²) in [6.07, 6.45) is 3.41. The number of pyridine rings is 1. The number of para-hydroxylation sites is 1. The molecular weight excluding hydrogens is 348 g/mol. The van der Waals surface area contributed by atoms with Crippen LogP contribution in [0.3, 0.4) is 0 Å². The van der Waals surface area contributed by atoms with Crippen molar-refractivity contribution in [1.82, 2.24) is 14.8 Å². The monoisotopic (exact) mass is 368 g/mol. The van der Waals surface area contributed by atoms with Crippen LogP contribution in [0.15, 0.2) is 79.1 Å². The number of anilines is 1. The van der Waals surface area contributed by atoms with E-state index in [4.69, 9.17) is 5.10 Å². The van der Waals surface area contributed by atoms with E-state index in [-0.39, 0.29) is 5.91 Å². The number of hydrogen-bond acceptors (Lipinski definition) is 3. The summed E-state index contributed by atoms with van der Waals surface area (Å²) in [6, 6.07) is 21.3. The minimum absolute atomic E-state index is 0.242. The van der Waals surface area contributed by atoms with Crippen LogP contribution in [0.5, 0.6) is 0 Å². The first-order valence-electron chi connectivity index (χ1n) is 9.07. The number of rotatable bonds is 4. The molecule has 1 amide bonds. The Morgan fingerprint density at radius 2 is 1.71 bits per heavy atom. The van der Waals surface area contributed by atoms with Crippen molar-refractivity contribution in [2.75, 3.05) is 5.32 Å². The third-order valence-corrected chi connectivity index (χ3v) is 4.67. The summed E-state index contributed by atoms with van der Waals surface area (Å²) in [5.74, 6) is 0.264. The summed E-state index contributed by atoms with van der Waals surface area (Å²) in [5.41, 5.74) is 5.29. The maximum Gasteiger partial charge on any atom is 0.260 e. The normalized spacial score (nSPS) is 10.6. The highest BCUT2D eigenvalue weighted by Crippen LogP contribution is 2.26. The van der Waals surface area contributed by atoms with Gasteiger partial charge in [0.1, 0.15) is 11.5 Å². The van der Waals surface area contributed by atoms with E-state index in [2.05, 4.69) is 30.2 Å². The molecule has 4 aromatic rings. The molecule has 2 aromatic carbocycles. The molecule has 0 aliphatic carbocycles. The van der Waals surface area contributed by atoms with E-state index in [0.29, 0.717) is 17.1 Å². The molecule has 0 saturated carbocycles. The number of hydrogen-bond donors (Lipinski definition) is 1. The highest BCUT2D eigenvalue weighted by Gasteiger charge is 2.19. The number of nitrogens with one attached hydrogen (secondary N) is 1. The lowest BCUT2D eigenvalue weighted by atomic mass is 10.0. The second-order valence-corrected chi connectivity index (χ2v) is 6.64. The van der Waals surface area contributed by atoms with Crippen molar-refractivity contribution in [3.8, 4) is 16.9 Å². The van der Waals surface area contributed by atoms with Gasteiger partial charge in [-0.3, -0.25) is 4.79 Å². The number of benzene rings is 2. The van der Waals surface area contributed by atoms with Crippen molar-refractivity contribution >= 4 is 11.7 Å². The molecule has 0 saturated heterocycles. The average Bonchev–Trinajstić information content (AvgIpc) is 3.17. The maximum atomic E-state index is 13.0. The van der Waals surface area contributed by atoms with Crippen molar-refractivity contribution in [2.24, 2.45) is 0 Å². The molecule has 28 heavy (non-hydrogen) atoms. The molecule has 5 nitrogen and oxygen atoms in total. The number of amides is 1. The summed E-state index contributed by atoms with van der Waals surface area (Å²) in [5, 5.41) is 7.58. The summed E-state index contributed by atoms with van der Waals surface area (Å²) < 4.78 is 1.73. The Morgan fingerprint density at radius 1 is 0.929 bits per heavy atom. The van der Waals surface area contributed by atoms with Gasteiger partial charge in [-0.1, -0.05) is 36.4 Å². The highest BCUT2D eigenvalue weighted by atomic mass is 16.1. The zero-order chi connectivity index (χ0) is 19.5. The molecule has 2 heterocycles. The van der Waals surface area contributed by atoms with Gasteiger partial charge in [0.05, 0.1) is 11.3 Å². The molecule has 0 bridgehead atoms. The predicted molar refractivity (Wildman–Crippen MR) is 111 cm³/mol. The van der Waals surface area contributed by atoms with Crippen LogP contribution < -0.4 is 5.32 Å². The molecule has 2 aromatic heterocycles. The van der Waals surface area contributed by atoms with Crippen LogP contribution in [0, 0.1) is 13.8 Å². The number of aromatic nitrogens is 3. The molecule has 0 spiro atoms. The van der Waals surface area contributed by atoms with Gasteiger partial charge < -0.3 is 5.32 Å². The van der Waals surface area contributed by atoms with Crippen LogP contribution in [0.2, 0.25) is 0 Å². The second kappa shape index (κ2) is 7.48. The fourth-order valence-electron chi connectivity index (χ4n) is 2.98. The van der Waals surface area contributed by atoms with Crippen molar-refractivity contribution in [3.05, 3.63) is 95.8 Å². The average molecular weight is 368 g/mol. The topological polar surface area (TPSA) is 59.8 Å².